The fourth-order valence-electron chi connectivity index (χ4n) is 5.52. The van der Waals surface area contributed by atoms with Crippen LogP contribution < -0.4 is 5.32 Å². The summed E-state index contributed by atoms with van der Waals surface area (Å²) < 4.78 is 3.58. The Kier molecular flexibility index (Phi) is 8.84. The minimum atomic E-state index is -0.259. The number of Topliss-reactive ketones (excluding diaryl/α,β-unsaturated/α-hetero) is 1. The monoisotopic (exact) mass is 570 g/mol. The van der Waals surface area contributed by atoms with Crippen LogP contribution in [0.25, 0.3) is 16.6 Å². The molecule has 0 atom stereocenters. The highest BCUT2D eigenvalue weighted by molar-refractivity contribution is 6.13. The zero-order valence-corrected chi connectivity index (χ0v) is 24.5. The number of aryl methyl sites for hydroxylation is 1. The number of anilines is 1. The van der Waals surface area contributed by atoms with Crippen LogP contribution in [0.1, 0.15) is 51.7 Å². The summed E-state index contributed by atoms with van der Waals surface area (Å²) in [6.45, 7) is 9.44. The van der Waals surface area contributed by atoms with E-state index in [0.29, 0.717) is 42.9 Å². The summed E-state index contributed by atoms with van der Waals surface area (Å²) in [5.74, 6) is -0.168. The molecule has 1 aliphatic heterocycles. The highest BCUT2D eigenvalue weighted by atomic mass is 16.3. The smallest absolute Gasteiger partial charge is 0.257 e. The molecule has 0 radical (unpaired) electrons. The van der Waals surface area contributed by atoms with Crippen molar-refractivity contribution in [2.24, 2.45) is 0 Å². The second kappa shape index (κ2) is 12.7. The summed E-state index contributed by atoms with van der Waals surface area (Å²) in [5, 5.41) is 17.4. The van der Waals surface area contributed by atoms with Gasteiger partial charge < -0.3 is 19.9 Å². The van der Waals surface area contributed by atoms with Crippen LogP contribution in [0.2, 0.25) is 0 Å². The number of benzene rings is 2. The van der Waals surface area contributed by atoms with E-state index in [2.05, 4.69) is 15.3 Å². The molecule has 0 spiro atoms. The molecule has 10 nitrogen and oxygen atoms in total. The fourth-order valence-corrected chi connectivity index (χ4v) is 5.52. The van der Waals surface area contributed by atoms with Gasteiger partial charge in [-0.2, -0.15) is 5.10 Å². The first-order chi connectivity index (χ1) is 20.3. The topological polar surface area (TPSA) is 113 Å². The van der Waals surface area contributed by atoms with Gasteiger partial charge in [0.05, 0.1) is 35.3 Å². The molecular formula is C32H38N6O4. The first-order valence-corrected chi connectivity index (χ1v) is 14.5. The zero-order valence-electron chi connectivity index (χ0n) is 24.5. The quantitative estimate of drug-likeness (QED) is 0.281. The van der Waals surface area contributed by atoms with E-state index in [1.54, 1.807) is 17.1 Å². The van der Waals surface area contributed by atoms with Crippen LogP contribution >= 0.6 is 0 Å². The molecule has 5 rings (SSSR count). The molecule has 220 valence electrons. The average molecular weight is 571 g/mol. The van der Waals surface area contributed by atoms with E-state index in [0.717, 1.165) is 47.4 Å². The Morgan fingerprint density at radius 3 is 2.40 bits per heavy atom. The molecule has 10 heteroatoms. The zero-order chi connectivity index (χ0) is 29.8. The molecule has 2 amide bonds. The standard InChI is InChI=1S/C32H38N6O4/c1-4-5-30(40)27-19-33-38(23(27)3)25-9-7-24(8-10-25)34-32(42)28-20-37(29-11-6-22(2)18-26(28)29)21-31(41)36-14-12-35(13-15-36)16-17-39/h6-11,18-20,39H,4-5,12-17,21H2,1-3H3,(H,34,42). The molecule has 1 saturated heterocycles. The van der Waals surface area contributed by atoms with Crippen molar-refractivity contribution in [2.75, 3.05) is 44.6 Å². The second-order valence-electron chi connectivity index (χ2n) is 10.9. The maximum absolute atomic E-state index is 13.5. The number of piperazine rings is 1. The van der Waals surface area contributed by atoms with Crippen molar-refractivity contribution < 1.29 is 19.5 Å². The number of β-amino-alcohol motifs (C(OH)–C–C–N with tert-alkyl or cyclic N) is 1. The Labute approximate surface area is 245 Å². The van der Waals surface area contributed by atoms with Crippen molar-refractivity contribution in [2.45, 2.75) is 40.2 Å². The Morgan fingerprint density at radius 2 is 1.71 bits per heavy atom. The molecule has 3 heterocycles. The van der Waals surface area contributed by atoms with Gasteiger partial charge in [0.15, 0.2) is 5.78 Å². The third-order valence-electron chi connectivity index (χ3n) is 7.89. The van der Waals surface area contributed by atoms with Gasteiger partial charge in [-0.05, 0) is 56.7 Å². The van der Waals surface area contributed by atoms with E-state index in [1.807, 2.05) is 72.7 Å². The number of hydrogen-bond acceptors (Lipinski definition) is 6. The number of aromatic nitrogens is 3. The van der Waals surface area contributed by atoms with Gasteiger partial charge in [-0.25, -0.2) is 4.68 Å². The average Bonchev–Trinajstić information content (AvgIpc) is 3.54. The molecule has 4 aromatic rings. The number of rotatable bonds is 10. The third kappa shape index (κ3) is 6.14. The first-order valence-electron chi connectivity index (χ1n) is 14.5. The van der Waals surface area contributed by atoms with Crippen molar-refractivity contribution in [1.29, 1.82) is 0 Å². The number of amides is 2. The third-order valence-corrected chi connectivity index (χ3v) is 7.89. The summed E-state index contributed by atoms with van der Waals surface area (Å²) in [7, 11) is 0. The molecule has 0 bridgehead atoms. The molecule has 2 aromatic heterocycles. The SMILES string of the molecule is CCCC(=O)c1cnn(-c2ccc(NC(=O)c3cn(CC(=O)N4CCN(CCO)CC4)c4ccc(C)cc34)cc2)c1C. The summed E-state index contributed by atoms with van der Waals surface area (Å²) in [6, 6.07) is 13.2. The number of nitrogens with zero attached hydrogens (tertiary/aromatic N) is 5. The predicted molar refractivity (Wildman–Crippen MR) is 162 cm³/mol. The Morgan fingerprint density at radius 1 is 0.976 bits per heavy atom. The van der Waals surface area contributed by atoms with E-state index in [4.69, 9.17) is 0 Å². The largest absolute Gasteiger partial charge is 0.395 e. The Balaban J connectivity index is 1.31. The van der Waals surface area contributed by atoms with Crippen LogP contribution in [-0.4, -0.2) is 86.2 Å². The van der Waals surface area contributed by atoms with Gasteiger partial charge in [0, 0.05) is 61.9 Å². The number of nitrogens with one attached hydrogen (secondary N) is 1. The summed E-state index contributed by atoms with van der Waals surface area (Å²) in [5.41, 5.74) is 5.19. The maximum atomic E-state index is 13.5. The number of carbonyl (C=O) groups is 3. The van der Waals surface area contributed by atoms with Crippen LogP contribution in [-0.2, 0) is 11.3 Å². The highest BCUT2D eigenvalue weighted by Crippen LogP contribution is 2.25. The van der Waals surface area contributed by atoms with Crippen LogP contribution in [0.3, 0.4) is 0 Å². The molecule has 2 N–H and O–H groups in total. The second-order valence-corrected chi connectivity index (χ2v) is 10.9. The highest BCUT2D eigenvalue weighted by Gasteiger charge is 2.23. The first kappa shape index (κ1) is 29.2. The molecule has 2 aromatic carbocycles. The molecule has 0 aliphatic carbocycles. The van der Waals surface area contributed by atoms with Crippen LogP contribution in [0.5, 0.6) is 0 Å². The maximum Gasteiger partial charge on any atom is 0.257 e. The van der Waals surface area contributed by atoms with E-state index in [-0.39, 0.29) is 30.7 Å². The van der Waals surface area contributed by atoms with Gasteiger partial charge in [0.2, 0.25) is 5.91 Å². The fraction of sp³-hybridized carbons (Fsp3) is 0.375. The van der Waals surface area contributed by atoms with Crippen molar-refractivity contribution >= 4 is 34.2 Å². The minimum absolute atomic E-state index is 0.00661. The van der Waals surface area contributed by atoms with Crippen molar-refractivity contribution in [1.82, 2.24) is 24.1 Å². The number of aliphatic hydroxyl groups is 1. The lowest BCUT2D eigenvalue weighted by Crippen LogP contribution is -2.50. The van der Waals surface area contributed by atoms with Crippen molar-refractivity contribution in [3.05, 3.63) is 77.2 Å². The van der Waals surface area contributed by atoms with Gasteiger partial charge in [-0.1, -0.05) is 18.6 Å². The minimum Gasteiger partial charge on any atom is -0.395 e. The lowest BCUT2D eigenvalue weighted by atomic mass is 10.1. The van der Waals surface area contributed by atoms with Crippen LogP contribution in [0, 0.1) is 13.8 Å². The number of ketones is 1. The molecule has 1 fully saturated rings. The number of hydrogen-bond donors (Lipinski definition) is 2. The molecule has 42 heavy (non-hydrogen) atoms. The Bertz CT molecular complexity index is 1600. The summed E-state index contributed by atoms with van der Waals surface area (Å²) in [4.78, 5) is 43.0. The van der Waals surface area contributed by atoms with Crippen molar-refractivity contribution in [3.63, 3.8) is 0 Å². The normalized spacial score (nSPS) is 14.0. The van der Waals surface area contributed by atoms with Gasteiger partial charge in [0.1, 0.15) is 6.54 Å². The van der Waals surface area contributed by atoms with E-state index < -0.39 is 0 Å². The predicted octanol–water partition coefficient (Wildman–Crippen LogP) is 3.82. The van der Waals surface area contributed by atoms with Gasteiger partial charge >= 0.3 is 0 Å². The van der Waals surface area contributed by atoms with E-state index in [1.165, 1.54) is 0 Å². The van der Waals surface area contributed by atoms with Crippen LogP contribution in [0.15, 0.2) is 54.9 Å². The summed E-state index contributed by atoms with van der Waals surface area (Å²) in [6.07, 6.45) is 4.65. The number of carbonyl (C=O) groups excluding carboxylic acids is 3. The molecule has 1 aliphatic rings. The van der Waals surface area contributed by atoms with E-state index >= 15 is 0 Å². The van der Waals surface area contributed by atoms with Gasteiger partial charge in [-0.3, -0.25) is 19.3 Å². The Hall–Kier alpha value is -4.28. The van der Waals surface area contributed by atoms with Gasteiger partial charge in [0.25, 0.3) is 5.91 Å². The van der Waals surface area contributed by atoms with Gasteiger partial charge in [-0.15, -0.1) is 0 Å². The lowest BCUT2D eigenvalue weighted by Gasteiger charge is -2.34. The molecule has 0 unspecified atom stereocenters. The lowest BCUT2D eigenvalue weighted by molar-refractivity contribution is -0.133. The van der Waals surface area contributed by atoms with Crippen LogP contribution in [0.4, 0.5) is 5.69 Å². The number of fused-ring (bicyclic) bond motifs is 1. The molecule has 0 saturated carbocycles. The van der Waals surface area contributed by atoms with E-state index in [9.17, 15) is 19.5 Å². The molecular weight excluding hydrogens is 532 g/mol. The summed E-state index contributed by atoms with van der Waals surface area (Å²) >= 11 is 0. The number of aliphatic hydroxyl groups excluding tert-OH is 1. The van der Waals surface area contributed by atoms with Crippen molar-refractivity contribution in [3.8, 4) is 5.69 Å².